The number of benzene rings is 1. The highest BCUT2D eigenvalue weighted by Gasteiger charge is 2.08. The maximum Gasteiger partial charge on any atom is 0.516 e. The largest absolute Gasteiger partial charge is 0.516 e. The number of amides is 1. The number of carbonyl (C=O) groups excluding carboxylic acids is 2. The van der Waals surface area contributed by atoms with Gasteiger partial charge in [0.25, 0.3) is 6.02 Å². The maximum atomic E-state index is 11.6. The molecule has 1 unspecified atom stereocenters. The van der Waals surface area contributed by atoms with E-state index in [9.17, 15) is 9.59 Å². The van der Waals surface area contributed by atoms with E-state index in [0.717, 1.165) is 5.56 Å². The molecule has 0 aliphatic carbocycles. The highest BCUT2D eigenvalue weighted by molar-refractivity contribution is 7.99. The van der Waals surface area contributed by atoms with Gasteiger partial charge in [0, 0.05) is 24.8 Å². The van der Waals surface area contributed by atoms with Crippen LogP contribution in [0.4, 0.5) is 4.79 Å². The molecule has 0 aliphatic rings. The van der Waals surface area contributed by atoms with Crippen LogP contribution in [0.25, 0.3) is 0 Å². The van der Waals surface area contributed by atoms with E-state index in [-0.39, 0.29) is 18.5 Å². The normalized spacial score (nSPS) is 12.3. The van der Waals surface area contributed by atoms with E-state index in [1.807, 2.05) is 43.5 Å². The van der Waals surface area contributed by atoms with Gasteiger partial charge in [-0.15, -0.1) is 0 Å². The fraction of sp³-hybridized carbons (Fsp3) is 0.471. The third-order valence-electron chi connectivity index (χ3n) is 3.19. The molecule has 0 radical (unpaired) electrons. The minimum absolute atomic E-state index is 0.0135. The SMILES string of the molecule is CSC(C)CC(=O)NCCCN=C(N)OC(=O)OCc1ccccc1. The van der Waals surface area contributed by atoms with Gasteiger partial charge in [-0.2, -0.15) is 11.8 Å². The monoisotopic (exact) mass is 367 g/mol. The number of hydrogen-bond acceptors (Lipinski definition) is 6. The lowest BCUT2D eigenvalue weighted by Gasteiger charge is -2.08. The zero-order valence-electron chi connectivity index (χ0n) is 14.6. The van der Waals surface area contributed by atoms with Crippen LogP contribution >= 0.6 is 11.8 Å². The molecule has 7 nitrogen and oxygen atoms in total. The van der Waals surface area contributed by atoms with E-state index in [2.05, 4.69) is 10.3 Å². The molecule has 8 heteroatoms. The zero-order chi connectivity index (χ0) is 18.5. The third kappa shape index (κ3) is 10.3. The number of nitrogens with one attached hydrogen (secondary N) is 1. The van der Waals surface area contributed by atoms with Crippen LogP contribution in [0.1, 0.15) is 25.3 Å². The Morgan fingerprint density at radius 2 is 2.04 bits per heavy atom. The van der Waals surface area contributed by atoms with Crippen LogP contribution in [0.5, 0.6) is 0 Å². The second-order valence-electron chi connectivity index (χ2n) is 5.30. The van der Waals surface area contributed by atoms with E-state index in [0.29, 0.717) is 31.2 Å². The first-order chi connectivity index (χ1) is 12.0. The van der Waals surface area contributed by atoms with Crippen LogP contribution in [0, 0.1) is 0 Å². The first-order valence-electron chi connectivity index (χ1n) is 7.99. The van der Waals surface area contributed by atoms with E-state index >= 15 is 0 Å². The predicted octanol–water partition coefficient (Wildman–Crippen LogP) is 2.30. The fourth-order valence-corrected chi connectivity index (χ4v) is 2.09. The number of amidine groups is 1. The van der Waals surface area contributed by atoms with Crippen molar-refractivity contribution in [2.75, 3.05) is 19.3 Å². The number of ether oxygens (including phenoxy) is 2. The number of nitrogens with two attached hydrogens (primary N) is 1. The molecule has 0 heterocycles. The second kappa shape index (κ2) is 12.2. The molecule has 1 rings (SSSR count). The number of carbonyl (C=O) groups is 2. The summed E-state index contributed by atoms with van der Waals surface area (Å²) in [6.45, 7) is 2.95. The van der Waals surface area contributed by atoms with Crippen LogP contribution in [-0.2, 0) is 20.9 Å². The van der Waals surface area contributed by atoms with Crippen molar-refractivity contribution in [1.29, 1.82) is 0 Å². The van der Waals surface area contributed by atoms with Gasteiger partial charge in [0.2, 0.25) is 5.91 Å². The van der Waals surface area contributed by atoms with Crippen molar-refractivity contribution in [2.24, 2.45) is 10.7 Å². The minimum atomic E-state index is -0.899. The minimum Gasteiger partial charge on any atom is -0.429 e. The van der Waals surface area contributed by atoms with Crippen molar-refractivity contribution in [2.45, 2.75) is 31.6 Å². The summed E-state index contributed by atoms with van der Waals surface area (Å²) in [7, 11) is 0. The summed E-state index contributed by atoms with van der Waals surface area (Å²) in [6.07, 6.45) is 2.16. The fourth-order valence-electron chi connectivity index (χ4n) is 1.78. The maximum absolute atomic E-state index is 11.6. The average molecular weight is 367 g/mol. The molecular weight excluding hydrogens is 342 g/mol. The summed E-state index contributed by atoms with van der Waals surface area (Å²) < 4.78 is 9.67. The van der Waals surface area contributed by atoms with Crippen LogP contribution in [0.3, 0.4) is 0 Å². The Morgan fingerprint density at radius 1 is 1.32 bits per heavy atom. The van der Waals surface area contributed by atoms with E-state index < -0.39 is 6.16 Å². The zero-order valence-corrected chi connectivity index (χ0v) is 15.4. The lowest BCUT2D eigenvalue weighted by molar-refractivity contribution is -0.120. The summed E-state index contributed by atoms with van der Waals surface area (Å²) in [6, 6.07) is 8.98. The molecule has 0 aliphatic heterocycles. The van der Waals surface area contributed by atoms with Gasteiger partial charge in [-0.05, 0) is 18.2 Å². The Bertz CT molecular complexity index is 566. The van der Waals surface area contributed by atoms with Crippen molar-refractivity contribution >= 4 is 29.8 Å². The molecule has 0 saturated heterocycles. The Balaban J connectivity index is 2.14. The van der Waals surface area contributed by atoms with Gasteiger partial charge < -0.3 is 20.5 Å². The number of rotatable bonds is 9. The Labute approximate surface area is 152 Å². The van der Waals surface area contributed by atoms with Crippen molar-refractivity contribution in [3.8, 4) is 0 Å². The molecule has 25 heavy (non-hydrogen) atoms. The molecule has 0 saturated carbocycles. The molecular formula is C17H25N3O4S. The van der Waals surface area contributed by atoms with Crippen molar-refractivity contribution in [3.05, 3.63) is 35.9 Å². The summed E-state index contributed by atoms with van der Waals surface area (Å²) in [4.78, 5) is 27.0. The number of aliphatic imine (C=N–C) groups is 1. The first-order valence-corrected chi connectivity index (χ1v) is 9.28. The third-order valence-corrected chi connectivity index (χ3v) is 4.16. The topological polar surface area (TPSA) is 103 Å². The number of hydrogen-bond donors (Lipinski definition) is 2. The predicted molar refractivity (Wildman–Crippen MR) is 99.4 cm³/mol. The highest BCUT2D eigenvalue weighted by atomic mass is 32.2. The Hall–Kier alpha value is -2.22. The molecule has 0 bridgehead atoms. The number of nitrogens with zero attached hydrogens (tertiary/aromatic N) is 1. The lowest BCUT2D eigenvalue weighted by atomic mass is 10.2. The standard InChI is InChI=1S/C17H25N3O4S/c1-13(25-2)11-15(21)19-9-6-10-20-16(18)24-17(22)23-12-14-7-4-3-5-8-14/h3-5,7-8,13H,6,9-12H2,1-2H3,(H2,18,20)(H,19,21). The van der Waals surface area contributed by atoms with Gasteiger partial charge in [0.15, 0.2) is 0 Å². The Morgan fingerprint density at radius 3 is 2.72 bits per heavy atom. The van der Waals surface area contributed by atoms with Crippen LogP contribution in [-0.4, -0.2) is 42.7 Å². The van der Waals surface area contributed by atoms with E-state index in [4.69, 9.17) is 15.2 Å². The summed E-state index contributed by atoms with van der Waals surface area (Å²) in [5.74, 6) is 0.0135. The van der Waals surface area contributed by atoms with Gasteiger partial charge >= 0.3 is 6.16 Å². The lowest BCUT2D eigenvalue weighted by Crippen LogP contribution is -2.27. The van der Waals surface area contributed by atoms with Crippen molar-refractivity contribution in [1.82, 2.24) is 5.32 Å². The second-order valence-corrected chi connectivity index (χ2v) is 6.58. The molecule has 1 amide bonds. The molecule has 138 valence electrons. The van der Waals surface area contributed by atoms with Gasteiger partial charge in [-0.25, -0.2) is 9.79 Å². The molecule has 1 aromatic carbocycles. The highest BCUT2D eigenvalue weighted by Crippen LogP contribution is 2.08. The molecule has 3 N–H and O–H groups in total. The van der Waals surface area contributed by atoms with Crippen LogP contribution < -0.4 is 11.1 Å². The molecule has 1 atom stereocenters. The molecule has 1 aromatic rings. The van der Waals surface area contributed by atoms with Gasteiger partial charge in [0.05, 0.1) is 0 Å². The first kappa shape index (κ1) is 20.8. The smallest absolute Gasteiger partial charge is 0.429 e. The molecule has 0 aromatic heterocycles. The van der Waals surface area contributed by atoms with E-state index in [1.165, 1.54) is 0 Å². The van der Waals surface area contributed by atoms with Crippen molar-refractivity contribution in [3.63, 3.8) is 0 Å². The number of thioether (sulfide) groups is 1. The molecule has 0 spiro atoms. The van der Waals surface area contributed by atoms with E-state index in [1.54, 1.807) is 11.8 Å². The average Bonchev–Trinajstić information content (AvgIpc) is 2.60. The molecule has 0 fully saturated rings. The van der Waals surface area contributed by atoms with Crippen molar-refractivity contribution < 1.29 is 19.1 Å². The van der Waals surface area contributed by atoms with Gasteiger partial charge in [-0.3, -0.25) is 4.79 Å². The Kier molecular flexibility index (Phi) is 10.2. The van der Waals surface area contributed by atoms with Gasteiger partial charge in [-0.1, -0.05) is 37.3 Å². The van der Waals surface area contributed by atoms with Gasteiger partial charge in [0.1, 0.15) is 6.61 Å². The van der Waals surface area contributed by atoms with Crippen LogP contribution in [0.2, 0.25) is 0 Å². The quantitative estimate of drug-likeness (QED) is 0.300. The summed E-state index contributed by atoms with van der Waals surface area (Å²) in [5, 5.41) is 3.10. The summed E-state index contributed by atoms with van der Waals surface area (Å²) >= 11 is 1.65. The summed E-state index contributed by atoms with van der Waals surface area (Å²) in [5.41, 5.74) is 6.35. The van der Waals surface area contributed by atoms with Crippen LogP contribution in [0.15, 0.2) is 35.3 Å².